The molecule has 7 heteroatoms. The highest BCUT2D eigenvalue weighted by Crippen LogP contribution is 2.22. The summed E-state index contributed by atoms with van der Waals surface area (Å²) >= 11 is 0. The molecule has 1 aliphatic heterocycles. The molecule has 4 rings (SSSR count). The zero-order valence-corrected chi connectivity index (χ0v) is 13.3. The average molecular weight is 323 g/mol. The van der Waals surface area contributed by atoms with Gasteiger partial charge in [-0.3, -0.25) is 9.89 Å². The largest absolute Gasteiger partial charge is 0.367 e. The van der Waals surface area contributed by atoms with Crippen LogP contribution in [-0.4, -0.2) is 50.7 Å². The first kappa shape index (κ1) is 14.8. The van der Waals surface area contributed by atoms with Crippen LogP contribution in [0.25, 0.3) is 10.9 Å². The Bertz CT molecular complexity index is 891. The van der Waals surface area contributed by atoms with Crippen molar-refractivity contribution in [2.75, 3.05) is 19.7 Å². The van der Waals surface area contributed by atoms with Gasteiger partial charge in [-0.1, -0.05) is 18.2 Å². The van der Waals surface area contributed by atoms with Crippen LogP contribution in [-0.2, 0) is 4.74 Å². The lowest BCUT2D eigenvalue weighted by Gasteiger charge is -2.31. The fraction of sp³-hybridized carbons (Fsp3) is 0.294. The fourth-order valence-corrected chi connectivity index (χ4v) is 2.89. The number of carbonyl (C=O) groups is 1. The number of ether oxygens (including phenoxy) is 1. The lowest BCUT2D eigenvalue weighted by atomic mass is 10.1. The molecule has 3 heterocycles. The van der Waals surface area contributed by atoms with E-state index in [2.05, 4.69) is 20.2 Å². The summed E-state index contributed by atoms with van der Waals surface area (Å²) < 4.78 is 5.76. The maximum atomic E-state index is 12.9. The zero-order chi connectivity index (χ0) is 16.5. The van der Waals surface area contributed by atoms with Gasteiger partial charge in [-0.2, -0.15) is 5.10 Å². The molecule has 1 fully saturated rings. The third kappa shape index (κ3) is 2.63. The summed E-state index contributed by atoms with van der Waals surface area (Å²) in [5, 5.41) is 7.93. The minimum Gasteiger partial charge on any atom is -0.367 e. The van der Waals surface area contributed by atoms with Crippen LogP contribution in [0.4, 0.5) is 0 Å². The fourth-order valence-electron chi connectivity index (χ4n) is 2.89. The molecule has 1 amide bonds. The summed E-state index contributed by atoms with van der Waals surface area (Å²) in [6.07, 6.45) is 1.40. The van der Waals surface area contributed by atoms with Crippen LogP contribution in [0.1, 0.15) is 28.1 Å². The van der Waals surface area contributed by atoms with Crippen molar-refractivity contribution in [3.05, 3.63) is 53.7 Å². The van der Waals surface area contributed by atoms with E-state index in [1.54, 1.807) is 11.1 Å². The average Bonchev–Trinajstić information content (AvgIpc) is 3.05. The molecule has 0 radical (unpaired) electrons. The monoisotopic (exact) mass is 323 g/mol. The standard InChI is InChI=1S/C17H17N5O2/c1-11-6-7-18-16(19-11)14-10-22(8-9-24-14)17(23)15-12-4-2-3-5-13(12)20-21-15/h2-7,14H,8-10H2,1H3,(H,20,21)/t14-/m1/s1. The highest BCUT2D eigenvalue weighted by Gasteiger charge is 2.29. The Balaban J connectivity index is 1.58. The van der Waals surface area contributed by atoms with E-state index in [4.69, 9.17) is 4.74 Å². The topological polar surface area (TPSA) is 84.0 Å². The van der Waals surface area contributed by atoms with Crippen molar-refractivity contribution in [3.8, 4) is 0 Å². The molecule has 0 bridgehead atoms. The minimum absolute atomic E-state index is 0.103. The second-order valence-corrected chi connectivity index (χ2v) is 5.78. The Morgan fingerprint density at radius 2 is 2.21 bits per heavy atom. The molecule has 0 saturated carbocycles. The maximum Gasteiger partial charge on any atom is 0.275 e. The van der Waals surface area contributed by atoms with E-state index in [9.17, 15) is 4.79 Å². The van der Waals surface area contributed by atoms with Gasteiger partial charge in [0.15, 0.2) is 11.5 Å². The lowest BCUT2D eigenvalue weighted by molar-refractivity contribution is -0.0270. The number of H-pyrrole nitrogens is 1. The Labute approximate surface area is 138 Å². The number of rotatable bonds is 2. The van der Waals surface area contributed by atoms with E-state index >= 15 is 0 Å². The molecule has 1 aliphatic rings. The summed E-state index contributed by atoms with van der Waals surface area (Å²) in [5.41, 5.74) is 2.18. The van der Waals surface area contributed by atoms with Crippen molar-refractivity contribution in [1.29, 1.82) is 0 Å². The molecular formula is C17H17N5O2. The Morgan fingerprint density at radius 1 is 1.33 bits per heavy atom. The number of para-hydroxylation sites is 1. The van der Waals surface area contributed by atoms with Crippen LogP contribution < -0.4 is 0 Å². The van der Waals surface area contributed by atoms with Gasteiger partial charge >= 0.3 is 0 Å². The van der Waals surface area contributed by atoms with E-state index < -0.39 is 0 Å². The second-order valence-electron chi connectivity index (χ2n) is 5.78. The third-order valence-electron chi connectivity index (χ3n) is 4.13. The first-order chi connectivity index (χ1) is 11.7. The molecular weight excluding hydrogens is 306 g/mol. The van der Waals surface area contributed by atoms with Crippen LogP contribution in [0.5, 0.6) is 0 Å². The van der Waals surface area contributed by atoms with Crippen molar-refractivity contribution in [1.82, 2.24) is 25.1 Å². The van der Waals surface area contributed by atoms with Crippen molar-refractivity contribution in [2.45, 2.75) is 13.0 Å². The minimum atomic E-state index is -0.312. The van der Waals surface area contributed by atoms with Crippen LogP contribution in [0.3, 0.4) is 0 Å². The van der Waals surface area contributed by atoms with E-state index in [0.717, 1.165) is 16.6 Å². The second kappa shape index (κ2) is 6.01. The number of morpholine rings is 1. The van der Waals surface area contributed by atoms with Gasteiger partial charge in [-0.15, -0.1) is 0 Å². The van der Waals surface area contributed by atoms with Gasteiger partial charge in [0.1, 0.15) is 6.10 Å². The number of nitrogens with zero attached hydrogens (tertiary/aromatic N) is 4. The van der Waals surface area contributed by atoms with Gasteiger partial charge in [0, 0.05) is 23.8 Å². The lowest BCUT2D eigenvalue weighted by Crippen LogP contribution is -2.42. The Kier molecular flexibility index (Phi) is 3.70. The molecule has 1 aromatic carbocycles. The number of aryl methyl sites for hydroxylation is 1. The molecule has 1 atom stereocenters. The number of amides is 1. The SMILES string of the molecule is Cc1ccnc([C@H]2CN(C(=O)c3n[nH]c4ccccc34)CCO2)n1. The van der Waals surface area contributed by atoms with Crippen LogP contribution in [0.15, 0.2) is 36.5 Å². The van der Waals surface area contributed by atoms with Crippen molar-refractivity contribution < 1.29 is 9.53 Å². The van der Waals surface area contributed by atoms with Gasteiger partial charge < -0.3 is 9.64 Å². The molecule has 2 aromatic heterocycles. The van der Waals surface area contributed by atoms with Gasteiger partial charge in [0.25, 0.3) is 5.91 Å². The Morgan fingerprint density at radius 3 is 3.08 bits per heavy atom. The Hall–Kier alpha value is -2.80. The zero-order valence-electron chi connectivity index (χ0n) is 13.3. The van der Waals surface area contributed by atoms with Crippen molar-refractivity contribution >= 4 is 16.8 Å². The summed E-state index contributed by atoms with van der Waals surface area (Å²) in [4.78, 5) is 23.3. The molecule has 122 valence electrons. The first-order valence-corrected chi connectivity index (χ1v) is 7.86. The smallest absolute Gasteiger partial charge is 0.275 e. The first-order valence-electron chi connectivity index (χ1n) is 7.86. The van der Waals surface area contributed by atoms with Crippen LogP contribution >= 0.6 is 0 Å². The van der Waals surface area contributed by atoms with Crippen LogP contribution in [0.2, 0.25) is 0 Å². The van der Waals surface area contributed by atoms with E-state index in [-0.39, 0.29) is 12.0 Å². The predicted octanol–water partition coefficient (Wildman–Crippen LogP) is 1.88. The summed E-state index contributed by atoms with van der Waals surface area (Å²) in [6, 6.07) is 9.45. The van der Waals surface area contributed by atoms with Gasteiger partial charge in [0.05, 0.1) is 18.7 Å². The highest BCUT2D eigenvalue weighted by atomic mass is 16.5. The summed E-state index contributed by atoms with van der Waals surface area (Å²) in [5.74, 6) is 0.507. The van der Waals surface area contributed by atoms with E-state index in [0.29, 0.717) is 31.2 Å². The van der Waals surface area contributed by atoms with Crippen molar-refractivity contribution in [3.63, 3.8) is 0 Å². The number of benzene rings is 1. The molecule has 1 saturated heterocycles. The molecule has 1 N–H and O–H groups in total. The maximum absolute atomic E-state index is 12.9. The number of fused-ring (bicyclic) bond motifs is 1. The number of nitrogens with one attached hydrogen (secondary N) is 1. The predicted molar refractivity (Wildman–Crippen MR) is 87.5 cm³/mol. The van der Waals surface area contributed by atoms with E-state index in [1.165, 1.54) is 0 Å². The molecule has 0 unspecified atom stereocenters. The van der Waals surface area contributed by atoms with Gasteiger partial charge in [0.2, 0.25) is 0 Å². The molecule has 7 nitrogen and oxygen atoms in total. The summed E-state index contributed by atoms with van der Waals surface area (Å²) in [6.45, 7) is 3.31. The van der Waals surface area contributed by atoms with Gasteiger partial charge in [-0.05, 0) is 19.1 Å². The highest BCUT2D eigenvalue weighted by molar-refractivity contribution is 6.04. The number of aromatic nitrogens is 4. The van der Waals surface area contributed by atoms with Crippen molar-refractivity contribution in [2.24, 2.45) is 0 Å². The quantitative estimate of drug-likeness (QED) is 0.778. The number of carbonyl (C=O) groups excluding carboxylic acids is 1. The number of hydrogen-bond acceptors (Lipinski definition) is 5. The summed E-state index contributed by atoms with van der Waals surface area (Å²) in [7, 11) is 0. The van der Waals surface area contributed by atoms with Gasteiger partial charge in [-0.25, -0.2) is 9.97 Å². The molecule has 0 aliphatic carbocycles. The molecule has 0 spiro atoms. The normalized spacial score (nSPS) is 18.0. The third-order valence-corrected chi connectivity index (χ3v) is 4.13. The van der Waals surface area contributed by atoms with Crippen LogP contribution in [0, 0.1) is 6.92 Å². The molecule has 3 aromatic rings. The number of hydrogen-bond donors (Lipinski definition) is 1. The van der Waals surface area contributed by atoms with E-state index in [1.807, 2.05) is 37.3 Å². The number of aromatic amines is 1. The molecule has 24 heavy (non-hydrogen) atoms.